The van der Waals surface area contributed by atoms with Crippen LogP contribution in [0.25, 0.3) is 0 Å². The van der Waals surface area contributed by atoms with Crippen LogP contribution in [-0.4, -0.2) is 96.7 Å². The van der Waals surface area contributed by atoms with Crippen molar-refractivity contribution in [3.05, 3.63) is 0 Å². The maximum atomic E-state index is 13.1. The predicted molar refractivity (Wildman–Crippen MR) is 418 cm³/mol. The van der Waals surface area contributed by atoms with E-state index in [0.29, 0.717) is 25.7 Å². The van der Waals surface area contributed by atoms with Crippen LogP contribution in [0.15, 0.2) is 0 Å². The molecule has 0 bridgehead atoms. The molecule has 0 radical (unpaired) electrons. The van der Waals surface area contributed by atoms with E-state index in [1.807, 2.05) is 0 Å². The van der Waals surface area contributed by atoms with Gasteiger partial charge in [0.1, 0.15) is 19.3 Å². The number of hydrogen-bond donors (Lipinski definition) is 3. The highest BCUT2D eigenvalue weighted by molar-refractivity contribution is 7.47. The minimum atomic E-state index is -4.96. The van der Waals surface area contributed by atoms with Gasteiger partial charge in [-0.15, -0.1) is 0 Å². The monoisotopic (exact) mass is 1490 g/mol. The van der Waals surface area contributed by atoms with Gasteiger partial charge in [-0.25, -0.2) is 9.13 Å². The zero-order chi connectivity index (χ0) is 74.8. The molecule has 0 aliphatic carbocycles. The van der Waals surface area contributed by atoms with Crippen LogP contribution in [0.5, 0.6) is 0 Å². The summed E-state index contributed by atoms with van der Waals surface area (Å²) < 4.78 is 68.7. The molecule has 0 aromatic rings. The fourth-order valence-corrected chi connectivity index (χ4v) is 14.5. The van der Waals surface area contributed by atoms with Gasteiger partial charge in [0, 0.05) is 25.7 Å². The molecule has 2 unspecified atom stereocenters. The Balaban J connectivity index is 5.16. The van der Waals surface area contributed by atoms with Crippen LogP contribution >= 0.6 is 15.6 Å². The Morgan fingerprint density at radius 1 is 0.265 bits per heavy atom. The summed E-state index contributed by atoms with van der Waals surface area (Å²) in [7, 11) is -9.92. The molecule has 0 saturated carbocycles. The smallest absolute Gasteiger partial charge is 0.462 e. The lowest BCUT2D eigenvalue weighted by molar-refractivity contribution is -0.161. The molecular formula is C83H162O17P2. The zero-order valence-corrected chi connectivity index (χ0v) is 68.5. The maximum absolute atomic E-state index is 13.1. The second-order valence-corrected chi connectivity index (χ2v) is 33.3. The van der Waals surface area contributed by atoms with Gasteiger partial charge in [0.2, 0.25) is 0 Å². The molecule has 0 aromatic carbocycles. The first-order valence-corrected chi connectivity index (χ1v) is 46.1. The first-order chi connectivity index (χ1) is 49.5. The van der Waals surface area contributed by atoms with Gasteiger partial charge in [-0.3, -0.25) is 37.3 Å². The molecule has 3 N–H and O–H groups in total. The van der Waals surface area contributed by atoms with E-state index in [-0.39, 0.29) is 25.7 Å². The Morgan fingerprint density at radius 3 is 0.667 bits per heavy atom. The molecule has 0 rings (SSSR count). The lowest BCUT2D eigenvalue weighted by Crippen LogP contribution is -2.30. The summed E-state index contributed by atoms with van der Waals surface area (Å²) in [6.07, 6.45) is 68.2. The molecule has 0 aliphatic rings. The Morgan fingerprint density at radius 2 is 0.451 bits per heavy atom. The maximum Gasteiger partial charge on any atom is 0.472 e. The van der Waals surface area contributed by atoms with Crippen molar-refractivity contribution < 1.29 is 80.2 Å². The first kappa shape index (κ1) is 100. The average molecular weight is 1490 g/mol. The van der Waals surface area contributed by atoms with Crippen molar-refractivity contribution in [2.24, 2.45) is 5.92 Å². The average Bonchev–Trinajstić information content (AvgIpc) is 0.909. The van der Waals surface area contributed by atoms with Crippen LogP contribution in [0.4, 0.5) is 0 Å². The number of rotatable bonds is 83. The number of ether oxygens (including phenoxy) is 4. The number of aliphatic hydroxyl groups excluding tert-OH is 1. The minimum Gasteiger partial charge on any atom is -0.462 e. The van der Waals surface area contributed by atoms with E-state index in [4.69, 9.17) is 37.0 Å². The minimum absolute atomic E-state index is 0.108. The number of carbonyl (C=O) groups is 4. The topological polar surface area (TPSA) is 237 Å². The molecule has 0 spiro atoms. The number of unbranched alkanes of at least 4 members (excludes halogenated alkanes) is 55. The molecule has 0 aliphatic heterocycles. The van der Waals surface area contributed by atoms with Gasteiger partial charge >= 0.3 is 39.5 Å². The van der Waals surface area contributed by atoms with E-state index < -0.39 is 97.5 Å². The Kier molecular flexibility index (Phi) is 74.4. The van der Waals surface area contributed by atoms with Crippen LogP contribution in [0.3, 0.4) is 0 Å². The van der Waals surface area contributed by atoms with Gasteiger partial charge in [-0.05, 0) is 31.6 Å². The van der Waals surface area contributed by atoms with Crippen LogP contribution in [0.2, 0.25) is 0 Å². The number of carbonyl (C=O) groups excluding carboxylic acids is 4. The fraction of sp³-hybridized carbons (Fsp3) is 0.952. The normalized spacial score (nSPS) is 13.8. The molecule has 102 heavy (non-hydrogen) atoms. The van der Waals surface area contributed by atoms with E-state index in [0.717, 1.165) is 109 Å². The number of phosphoric acid groups is 2. The van der Waals surface area contributed by atoms with Crippen molar-refractivity contribution in [2.75, 3.05) is 39.6 Å². The molecular weight excluding hydrogens is 1330 g/mol. The van der Waals surface area contributed by atoms with E-state index in [9.17, 15) is 43.2 Å². The van der Waals surface area contributed by atoms with Gasteiger partial charge in [-0.2, -0.15) is 0 Å². The summed E-state index contributed by atoms with van der Waals surface area (Å²) in [6, 6.07) is 0. The summed E-state index contributed by atoms with van der Waals surface area (Å²) in [5, 5.41) is 10.6. The van der Waals surface area contributed by atoms with E-state index in [1.165, 1.54) is 257 Å². The van der Waals surface area contributed by atoms with Crippen molar-refractivity contribution in [1.82, 2.24) is 0 Å². The Bertz CT molecular complexity index is 1940. The quantitative estimate of drug-likeness (QED) is 0.0222. The van der Waals surface area contributed by atoms with Crippen molar-refractivity contribution in [3.63, 3.8) is 0 Å². The lowest BCUT2D eigenvalue weighted by Gasteiger charge is -2.21. The molecule has 0 heterocycles. The highest BCUT2D eigenvalue weighted by Crippen LogP contribution is 2.45. The van der Waals surface area contributed by atoms with Crippen molar-refractivity contribution >= 4 is 39.5 Å². The molecule has 0 fully saturated rings. The third-order valence-electron chi connectivity index (χ3n) is 19.5. The van der Waals surface area contributed by atoms with Gasteiger partial charge in [0.05, 0.1) is 26.4 Å². The number of aliphatic hydroxyl groups is 1. The third kappa shape index (κ3) is 76.3. The second kappa shape index (κ2) is 75.9. The van der Waals surface area contributed by atoms with Gasteiger partial charge in [0.15, 0.2) is 12.2 Å². The summed E-state index contributed by atoms with van der Waals surface area (Å²) in [4.78, 5) is 72.9. The van der Waals surface area contributed by atoms with Crippen LogP contribution < -0.4 is 0 Å². The molecule has 17 nitrogen and oxygen atoms in total. The van der Waals surface area contributed by atoms with Gasteiger partial charge < -0.3 is 33.8 Å². The van der Waals surface area contributed by atoms with Crippen LogP contribution in [0, 0.1) is 5.92 Å². The lowest BCUT2D eigenvalue weighted by atomic mass is 10.0. The largest absolute Gasteiger partial charge is 0.472 e. The molecule has 606 valence electrons. The van der Waals surface area contributed by atoms with Crippen LogP contribution in [-0.2, 0) is 65.4 Å². The molecule has 5 atom stereocenters. The van der Waals surface area contributed by atoms with E-state index in [1.54, 1.807) is 0 Å². The number of esters is 4. The summed E-state index contributed by atoms with van der Waals surface area (Å²) in [6.45, 7) is 7.34. The number of hydrogen-bond acceptors (Lipinski definition) is 15. The standard InChI is InChI=1S/C83H162O17P2/c1-6-9-12-15-18-20-22-24-26-27-28-32-36-39-43-47-52-57-62-67-81(86)94-73-79(100-83(88)69-64-59-54-49-45-41-37-33-30-29-31-35-38-42-46-51-55-60-65-76(4)5)75-98-102(91,92)96-71-77(84)70-95-101(89,90)97-74-78(72-93-80(85)66-61-56-50-17-14-11-8-3)99-82(87)68-63-58-53-48-44-40-34-25-23-21-19-16-13-10-7-2/h76-79,84H,6-75H2,1-5H3,(H,89,90)(H,91,92)/t77-,78+,79+/m0/s1. The molecule has 0 amide bonds. The van der Waals surface area contributed by atoms with Gasteiger partial charge in [-0.1, -0.05) is 394 Å². The van der Waals surface area contributed by atoms with Crippen molar-refractivity contribution in [3.8, 4) is 0 Å². The van der Waals surface area contributed by atoms with E-state index in [2.05, 4.69) is 34.6 Å². The molecule has 0 aromatic heterocycles. The van der Waals surface area contributed by atoms with Crippen molar-refractivity contribution in [1.29, 1.82) is 0 Å². The predicted octanol–water partition coefficient (Wildman–Crippen LogP) is 25.2. The number of phosphoric ester groups is 2. The third-order valence-corrected chi connectivity index (χ3v) is 21.4. The first-order valence-electron chi connectivity index (χ1n) is 43.1. The fourth-order valence-electron chi connectivity index (χ4n) is 12.9. The summed E-state index contributed by atoms with van der Waals surface area (Å²) in [5.41, 5.74) is 0. The van der Waals surface area contributed by atoms with Gasteiger partial charge in [0.25, 0.3) is 0 Å². The summed E-state index contributed by atoms with van der Waals surface area (Å²) in [5.74, 6) is -1.29. The van der Waals surface area contributed by atoms with Crippen LogP contribution in [0.1, 0.15) is 446 Å². The Labute approximate surface area is 626 Å². The van der Waals surface area contributed by atoms with E-state index >= 15 is 0 Å². The highest BCUT2D eigenvalue weighted by atomic mass is 31.2. The molecule has 19 heteroatoms. The zero-order valence-electron chi connectivity index (χ0n) is 66.8. The highest BCUT2D eigenvalue weighted by Gasteiger charge is 2.30. The SMILES string of the molecule is CCCCCCCCCCCCCCCCCCCCCC(=O)OC[C@H](COP(=O)(O)OC[C@@H](O)COP(=O)(O)OC[C@@H](COC(=O)CCCCCCCCC)OC(=O)CCCCCCCCCCCCCCCCC)OC(=O)CCCCCCCCCCCCCCCCCCCCC(C)C. The van der Waals surface area contributed by atoms with Crippen molar-refractivity contribution in [2.45, 2.75) is 464 Å². The molecule has 0 saturated heterocycles. The summed E-state index contributed by atoms with van der Waals surface area (Å²) >= 11 is 0. The Hall–Kier alpha value is -1.94. The second-order valence-electron chi connectivity index (χ2n) is 30.3.